The van der Waals surface area contributed by atoms with Crippen molar-refractivity contribution in [2.75, 3.05) is 18.0 Å². The molecule has 0 aliphatic rings. The van der Waals surface area contributed by atoms with Crippen LogP contribution < -0.4 is 10.6 Å². The maximum atomic E-state index is 6.34. The molecule has 0 aliphatic heterocycles. The third-order valence-corrected chi connectivity index (χ3v) is 3.28. The molecule has 0 amide bonds. The van der Waals surface area contributed by atoms with Crippen molar-refractivity contribution in [3.05, 3.63) is 41.8 Å². The van der Waals surface area contributed by atoms with Gasteiger partial charge in [-0.2, -0.15) is 4.98 Å². The van der Waals surface area contributed by atoms with Gasteiger partial charge in [-0.15, -0.1) is 0 Å². The number of hydrogen-bond acceptors (Lipinski definition) is 5. The normalized spacial score (nSPS) is 14.1. The fourth-order valence-corrected chi connectivity index (χ4v) is 1.97. The highest BCUT2D eigenvalue weighted by Crippen LogP contribution is 2.26. The van der Waals surface area contributed by atoms with Gasteiger partial charge in [-0.05, 0) is 31.5 Å². The smallest absolute Gasteiger partial charge is 0.266 e. The van der Waals surface area contributed by atoms with Crippen LogP contribution in [0.3, 0.4) is 0 Å². The number of rotatable bonds is 5. The molecule has 1 heterocycles. The van der Waals surface area contributed by atoms with Gasteiger partial charge in [-0.3, -0.25) is 0 Å². The van der Waals surface area contributed by atoms with Crippen LogP contribution in [0.5, 0.6) is 0 Å². The van der Waals surface area contributed by atoms with Gasteiger partial charge < -0.3 is 15.2 Å². The van der Waals surface area contributed by atoms with Crippen LogP contribution >= 0.6 is 0 Å². The lowest BCUT2D eigenvalue weighted by Gasteiger charge is -2.20. The predicted octanol–water partition coefficient (Wildman–Crippen LogP) is 2.14. The first kappa shape index (κ1) is 13.5. The van der Waals surface area contributed by atoms with Gasteiger partial charge in [0, 0.05) is 13.1 Å². The fraction of sp³-hybridized carbons (Fsp3) is 0.429. The summed E-state index contributed by atoms with van der Waals surface area (Å²) in [5.74, 6) is 1.02. The second-order valence-electron chi connectivity index (χ2n) is 4.64. The average molecular weight is 260 g/mol. The molecule has 0 bridgehead atoms. The van der Waals surface area contributed by atoms with Gasteiger partial charge in [0.1, 0.15) is 5.54 Å². The summed E-state index contributed by atoms with van der Waals surface area (Å²) in [5.41, 5.74) is 6.51. The summed E-state index contributed by atoms with van der Waals surface area (Å²) in [5, 5.41) is 4.01. The van der Waals surface area contributed by atoms with Gasteiger partial charge in [0.2, 0.25) is 0 Å². The maximum absolute atomic E-state index is 6.34. The zero-order valence-electron chi connectivity index (χ0n) is 11.6. The summed E-state index contributed by atoms with van der Waals surface area (Å²) in [7, 11) is 0. The molecule has 102 valence electrons. The van der Waals surface area contributed by atoms with Crippen LogP contribution in [0.1, 0.15) is 32.2 Å². The van der Waals surface area contributed by atoms with Crippen LogP contribution in [-0.4, -0.2) is 23.2 Å². The van der Waals surface area contributed by atoms with Crippen LogP contribution in [-0.2, 0) is 5.54 Å². The number of benzene rings is 1. The summed E-state index contributed by atoms with van der Waals surface area (Å²) in [6.45, 7) is 7.66. The predicted molar refractivity (Wildman–Crippen MR) is 74.9 cm³/mol. The highest BCUT2D eigenvalue weighted by atomic mass is 16.5. The molecule has 0 saturated carbocycles. The van der Waals surface area contributed by atoms with Gasteiger partial charge in [0.25, 0.3) is 11.8 Å². The molecular weight excluding hydrogens is 240 g/mol. The quantitative estimate of drug-likeness (QED) is 0.892. The van der Waals surface area contributed by atoms with E-state index in [0.717, 1.165) is 18.7 Å². The topological polar surface area (TPSA) is 68.2 Å². The Bertz CT molecular complexity index is 517. The molecule has 0 fully saturated rings. The van der Waals surface area contributed by atoms with Crippen LogP contribution in [0.15, 0.2) is 34.9 Å². The average Bonchev–Trinajstić information content (AvgIpc) is 2.92. The monoisotopic (exact) mass is 260 g/mol. The lowest BCUT2D eigenvalue weighted by molar-refractivity contribution is 0.325. The molecule has 0 spiro atoms. The van der Waals surface area contributed by atoms with E-state index in [1.54, 1.807) is 0 Å². The van der Waals surface area contributed by atoms with Crippen LogP contribution in [0.25, 0.3) is 0 Å². The number of aromatic nitrogens is 2. The SMILES string of the molecule is CCN(CC)c1noc(C(C)(N)c2ccccc2)n1. The lowest BCUT2D eigenvalue weighted by Crippen LogP contribution is -2.34. The second kappa shape index (κ2) is 5.40. The first-order valence-corrected chi connectivity index (χ1v) is 6.53. The Morgan fingerprint density at radius 2 is 1.84 bits per heavy atom. The molecular formula is C14H20N4O. The highest BCUT2D eigenvalue weighted by Gasteiger charge is 2.31. The first-order chi connectivity index (χ1) is 9.09. The van der Waals surface area contributed by atoms with Crippen molar-refractivity contribution in [3.63, 3.8) is 0 Å². The minimum atomic E-state index is -0.778. The first-order valence-electron chi connectivity index (χ1n) is 6.53. The van der Waals surface area contributed by atoms with E-state index in [9.17, 15) is 0 Å². The third kappa shape index (κ3) is 2.61. The Hall–Kier alpha value is -1.88. The summed E-state index contributed by atoms with van der Waals surface area (Å²) in [6, 6.07) is 9.77. The van der Waals surface area contributed by atoms with Crippen molar-refractivity contribution in [2.45, 2.75) is 26.3 Å². The number of anilines is 1. The summed E-state index contributed by atoms with van der Waals surface area (Å²) in [4.78, 5) is 6.45. The van der Waals surface area contributed by atoms with Crippen molar-refractivity contribution in [1.29, 1.82) is 0 Å². The fourth-order valence-electron chi connectivity index (χ4n) is 1.97. The van der Waals surface area contributed by atoms with E-state index in [1.807, 2.05) is 42.2 Å². The number of nitrogens with zero attached hydrogens (tertiary/aromatic N) is 3. The Morgan fingerprint density at radius 1 is 1.21 bits per heavy atom. The molecule has 1 aromatic carbocycles. The molecule has 2 N–H and O–H groups in total. The zero-order valence-corrected chi connectivity index (χ0v) is 11.6. The van der Waals surface area contributed by atoms with E-state index in [-0.39, 0.29) is 0 Å². The molecule has 1 unspecified atom stereocenters. The Kier molecular flexibility index (Phi) is 3.85. The van der Waals surface area contributed by atoms with Crippen molar-refractivity contribution < 1.29 is 4.52 Å². The number of hydrogen-bond donors (Lipinski definition) is 1. The van der Waals surface area contributed by atoms with Crippen LogP contribution in [0.4, 0.5) is 5.95 Å². The zero-order chi connectivity index (χ0) is 13.9. The molecule has 5 nitrogen and oxygen atoms in total. The molecule has 2 rings (SSSR count). The minimum absolute atomic E-state index is 0.431. The molecule has 0 saturated heterocycles. The Morgan fingerprint density at radius 3 is 2.42 bits per heavy atom. The van der Waals surface area contributed by atoms with E-state index in [2.05, 4.69) is 24.0 Å². The highest BCUT2D eigenvalue weighted by molar-refractivity contribution is 5.33. The van der Waals surface area contributed by atoms with Gasteiger partial charge in [-0.1, -0.05) is 30.3 Å². The Labute approximate surface area is 113 Å². The molecule has 0 radical (unpaired) electrons. The van der Waals surface area contributed by atoms with Crippen molar-refractivity contribution in [2.24, 2.45) is 5.73 Å². The number of nitrogens with two attached hydrogens (primary N) is 1. The van der Waals surface area contributed by atoms with Gasteiger partial charge in [0.05, 0.1) is 0 Å². The van der Waals surface area contributed by atoms with Crippen molar-refractivity contribution >= 4 is 5.95 Å². The molecule has 5 heteroatoms. The molecule has 1 aromatic heterocycles. The summed E-state index contributed by atoms with van der Waals surface area (Å²) < 4.78 is 5.34. The summed E-state index contributed by atoms with van der Waals surface area (Å²) in [6.07, 6.45) is 0. The maximum Gasteiger partial charge on any atom is 0.266 e. The molecule has 19 heavy (non-hydrogen) atoms. The molecule has 1 atom stereocenters. The summed E-state index contributed by atoms with van der Waals surface area (Å²) >= 11 is 0. The standard InChI is InChI=1S/C14H20N4O/c1-4-18(5-2)13-16-12(19-17-13)14(3,15)11-9-7-6-8-10-11/h6-10H,4-5,15H2,1-3H3. The van der Waals surface area contributed by atoms with E-state index in [0.29, 0.717) is 11.8 Å². The van der Waals surface area contributed by atoms with Crippen LogP contribution in [0, 0.1) is 0 Å². The second-order valence-corrected chi connectivity index (χ2v) is 4.64. The van der Waals surface area contributed by atoms with E-state index < -0.39 is 5.54 Å². The van der Waals surface area contributed by atoms with Crippen molar-refractivity contribution in [3.8, 4) is 0 Å². The van der Waals surface area contributed by atoms with Gasteiger partial charge >= 0.3 is 0 Å². The van der Waals surface area contributed by atoms with E-state index in [1.165, 1.54) is 0 Å². The Balaban J connectivity index is 2.32. The molecule has 0 aliphatic carbocycles. The van der Waals surface area contributed by atoms with E-state index >= 15 is 0 Å². The van der Waals surface area contributed by atoms with Gasteiger partial charge in [-0.25, -0.2) is 0 Å². The molecule has 2 aromatic rings. The van der Waals surface area contributed by atoms with E-state index in [4.69, 9.17) is 10.3 Å². The third-order valence-electron chi connectivity index (χ3n) is 3.28. The largest absolute Gasteiger partial charge is 0.339 e. The minimum Gasteiger partial charge on any atom is -0.339 e. The lowest BCUT2D eigenvalue weighted by atomic mass is 9.93. The van der Waals surface area contributed by atoms with Crippen LogP contribution in [0.2, 0.25) is 0 Å². The van der Waals surface area contributed by atoms with Crippen molar-refractivity contribution in [1.82, 2.24) is 10.1 Å². The van der Waals surface area contributed by atoms with Gasteiger partial charge in [0.15, 0.2) is 0 Å².